The number of rotatable bonds is 6. The van der Waals surface area contributed by atoms with Crippen molar-refractivity contribution in [2.75, 3.05) is 13.1 Å². The van der Waals surface area contributed by atoms with E-state index in [9.17, 15) is 14.7 Å². The molecule has 152 valence electrons. The molecule has 2 saturated carbocycles. The van der Waals surface area contributed by atoms with Crippen LogP contribution in [-0.2, 0) is 10.2 Å². The number of hydrogen-bond donors (Lipinski definition) is 3. The van der Waals surface area contributed by atoms with Crippen molar-refractivity contribution in [2.24, 2.45) is 0 Å². The van der Waals surface area contributed by atoms with Gasteiger partial charge in [-0.05, 0) is 57.2 Å². The maximum absolute atomic E-state index is 13.0. The summed E-state index contributed by atoms with van der Waals surface area (Å²) in [5.41, 5.74) is 1.91. The fourth-order valence-electron chi connectivity index (χ4n) is 4.86. The highest BCUT2D eigenvalue weighted by molar-refractivity contribution is 5.95. The lowest BCUT2D eigenvalue weighted by Gasteiger charge is -2.36. The minimum atomic E-state index is -0.794. The number of carboxylic acid groups (broad SMARTS) is 1. The SMILES string of the molecule is O=C(O)C[C@@]1(c2ccc(C(=O)NC3CCCCC3)c(C3CC3)n2)CCCNC1. The number of nitrogens with zero attached hydrogens (tertiary/aromatic N) is 1. The Hall–Kier alpha value is -1.95. The highest BCUT2D eigenvalue weighted by Gasteiger charge is 2.39. The normalized spacial score (nSPS) is 26.0. The monoisotopic (exact) mass is 385 g/mol. The molecular formula is C22H31N3O3. The van der Waals surface area contributed by atoms with Crippen LogP contribution in [0.5, 0.6) is 0 Å². The summed E-state index contributed by atoms with van der Waals surface area (Å²) in [5, 5.41) is 16.1. The van der Waals surface area contributed by atoms with Crippen molar-refractivity contribution in [1.29, 1.82) is 0 Å². The third kappa shape index (κ3) is 4.22. The number of nitrogens with one attached hydrogen (secondary N) is 2. The van der Waals surface area contributed by atoms with Gasteiger partial charge in [-0.2, -0.15) is 0 Å². The zero-order valence-corrected chi connectivity index (χ0v) is 16.5. The molecule has 6 heteroatoms. The molecule has 0 unspecified atom stereocenters. The maximum atomic E-state index is 13.0. The summed E-state index contributed by atoms with van der Waals surface area (Å²) >= 11 is 0. The van der Waals surface area contributed by atoms with E-state index in [0.29, 0.717) is 18.0 Å². The van der Waals surface area contributed by atoms with E-state index < -0.39 is 11.4 Å². The predicted octanol–water partition coefficient (Wildman–Crippen LogP) is 3.12. The molecule has 0 aromatic carbocycles. The Bertz CT molecular complexity index is 733. The fourth-order valence-corrected chi connectivity index (χ4v) is 4.86. The molecule has 3 fully saturated rings. The van der Waals surface area contributed by atoms with Crippen LogP contribution in [0.25, 0.3) is 0 Å². The summed E-state index contributed by atoms with van der Waals surface area (Å²) in [6.45, 7) is 1.54. The quantitative estimate of drug-likeness (QED) is 0.700. The largest absolute Gasteiger partial charge is 0.481 e. The Morgan fingerprint density at radius 3 is 2.57 bits per heavy atom. The summed E-state index contributed by atoms with van der Waals surface area (Å²) in [5.74, 6) is -0.468. The van der Waals surface area contributed by atoms with Gasteiger partial charge in [-0.1, -0.05) is 19.3 Å². The van der Waals surface area contributed by atoms with E-state index in [1.807, 2.05) is 12.1 Å². The number of carbonyl (C=O) groups excluding carboxylic acids is 1. The summed E-state index contributed by atoms with van der Waals surface area (Å²) in [7, 11) is 0. The van der Waals surface area contributed by atoms with Gasteiger partial charge in [0.1, 0.15) is 0 Å². The molecule has 6 nitrogen and oxygen atoms in total. The first kappa shape index (κ1) is 19.4. The molecule has 1 saturated heterocycles. The molecule has 2 aliphatic carbocycles. The van der Waals surface area contributed by atoms with Gasteiger partial charge in [-0.25, -0.2) is 0 Å². The molecule has 0 bridgehead atoms. The average Bonchev–Trinajstić information content (AvgIpc) is 3.54. The van der Waals surface area contributed by atoms with Gasteiger partial charge in [-0.3, -0.25) is 14.6 Å². The van der Waals surface area contributed by atoms with Crippen molar-refractivity contribution < 1.29 is 14.7 Å². The van der Waals surface area contributed by atoms with Crippen molar-refractivity contribution in [3.63, 3.8) is 0 Å². The number of pyridine rings is 1. The molecule has 0 radical (unpaired) electrons. The van der Waals surface area contributed by atoms with E-state index in [1.165, 1.54) is 19.3 Å². The number of piperidine rings is 1. The van der Waals surface area contributed by atoms with Crippen molar-refractivity contribution in [1.82, 2.24) is 15.6 Å². The number of aliphatic carboxylic acids is 1. The Balaban J connectivity index is 1.61. The first-order chi connectivity index (χ1) is 13.6. The molecule has 1 aromatic heterocycles. The topological polar surface area (TPSA) is 91.3 Å². The Labute approximate surface area is 166 Å². The highest BCUT2D eigenvalue weighted by atomic mass is 16.4. The van der Waals surface area contributed by atoms with Crippen LogP contribution in [0, 0.1) is 0 Å². The molecule has 1 aliphatic heterocycles. The Morgan fingerprint density at radius 2 is 1.93 bits per heavy atom. The lowest BCUT2D eigenvalue weighted by atomic mass is 9.74. The van der Waals surface area contributed by atoms with E-state index in [4.69, 9.17) is 4.98 Å². The second-order valence-electron chi connectivity index (χ2n) is 8.84. The number of aromatic nitrogens is 1. The molecule has 0 spiro atoms. The van der Waals surface area contributed by atoms with Gasteiger partial charge >= 0.3 is 5.97 Å². The molecule has 1 aromatic rings. The number of carbonyl (C=O) groups is 2. The number of hydrogen-bond acceptors (Lipinski definition) is 4. The van der Waals surface area contributed by atoms with E-state index in [0.717, 1.165) is 56.5 Å². The summed E-state index contributed by atoms with van der Waals surface area (Å²) in [6.07, 6.45) is 9.70. The van der Waals surface area contributed by atoms with Gasteiger partial charge in [0.25, 0.3) is 5.91 Å². The highest BCUT2D eigenvalue weighted by Crippen LogP contribution is 2.42. The van der Waals surface area contributed by atoms with Gasteiger partial charge in [0, 0.05) is 29.6 Å². The van der Waals surface area contributed by atoms with Gasteiger partial charge < -0.3 is 15.7 Å². The van der Waals surface area contributed by atoms with Gasteiger partial charge in [0.2, 0.25) is 0 Å². The van der Waals surface area contributed by atoms with E-state index in [-0.39, 0.29) is 18.4 Å². The molecule has 28 heavy (non-hydrogen) atoms. The van der Waals surface area contributed by atoms with E-state index in [2.05, 4.69) is 10.6 Å². The first-order valence-electron chi connectivity index (χ1n) is 10.8. The maximum Gasteiger partial charge on any atom is 0.304 e. The van der Waals surface area contributed by atoms with Crippen LogP contribution in [-0.4, -0.2) is 41.1 Å². The van der Waals surface area contributed by atoms with Crippen molar-refractivity contribution in [3.05, 3.63) is 29.1 Å². The van der Waals surface area contributed by atoms with Crippen LogP contribution in [0.4, 0.5) is 0 Å². The number of carboxylic acids is 1. The molecule has 4 rings (SSSR count). The molecule has 3 N–H and O–H groups in total. The predicted molar refractivity (Wildman–Crippen MR) is 107 cm³/mol. The standard InChI is InChI=1S/C22H31N3O3/c26-19(27)13-22(11-4-12-23-14-22)18-10-9-17(20(25-18)15-7-8-15)21(28)24-16-5-2-1-3-6-16/h9-10,15-16,23H,1-8,11-14H2,(H,24,28)(H,26,27)/t22-/m0/s1. The first-order valence-corrected chi connectivity index (χ1v) is 10.8. The second-order valence-corrected chi connectivity index (χ2v) is 8.84. The second kappa shape index (κ2) is 8.19. The van der Waals surface area contributed by atoms with E-state index in [1.54, 1.807) is 0 Å². The number of amides is 1. The molecule has 1 amide bonds. The summed E-state index contributed by atoms with van der Waals surface area (Å²) < 4.78 is 0. The minimum absolute atomic E-state index is 0.0121. The van der Waals surface area contributed by atoms with E-state index >= 15 is 0 Å². The lowest BCUT2D eigenvalue weighted by Crippen LogP contribution is -2.45. The smallest absolute Gasteiger partial charge is 0.304 e. The zero-order valence-electron chi connectivity index (χ0n) is 16.5. The molecule has 1 atom stereocenters. The Kier molecular flexibility index (Phi) is 5.67. The van der Waals surface area contributed by atoms with Crippen molar-refractivity contribution >= 4 is 11.9 Å². The lowest BCUT2D eigenvalue weighted by molar-refractivity contribution is -0.138. The van der Waals surface area contributed by atoms with Gasteiger partial charge in [0.05, 0.1) is 17.7 Å². The fraction of sp³-hybridized carbons (Fsp3) is 0.682. The average molecular weight is 386 g/mol. The van der Waals surface area contributed by atoms with Gasteiger partial charge in [-0.15, -0.1) is 0 Å². The third-order valence-electron chi connectivity index (χ3n) is 6.58. The Morgan fingerprint density at radius 1 is 1.14 bits per heavy atom. The summed E-state index contributed by atoms with van der Waals surface area (Å²) in [6, 6.07) is 4.07. The van der Waals surface area contributed by atoms with Crippen molar-refractivity contribution in [3.8, 4) is 0 Å². The zero-order chi connectivity index (χ0) is 19.6. The van der Waals surface area contributed by atoms with Crippen LogP contribution >= 0.6 is 0 Å². The minimum Gasteiger partial charge on any atom is -0.481 e. The van der Waals surface area contributed by atoms with Gasteiger partial charge in [0.15, 0.2) is 0 Å². The van der Waals surface area contributed by atoms with Crippen LogP contribution in [0.2, 0.25) is 0 Å². The third-order valence-corrected chi connectivity index (χ3v) is 6.58. The van der Waals surface area contributed by atoms with Crippen LogP contribution in [0.1, 0.15) is 91.9 Å². The molecule has 2 heterocycles. The van der Waals surface area contributed by atoms with Crippen LogP contribution in [0.3, 0.4) is 0 Å². The molecular weight excluding hydrogens is 354 g/mol. The van der Waals surface area contributed by atoms with Crippen molar-refractivity contribution in [2.45, 2.75) is 81.6 Å². The van der Waals surface area contributed by atoms with Crippen LogP contribution < -0.4 is 10.6 Å². The van der Waals surface area contributed by atoms with Crippen LogP contribution in [0.15, 0.2) is 12.1 Å². The summed E-state index contributed by atoms with van der Waals surface area (Å²) in [4.78, 5) is 29.4. The molecule has 3 aliphatic rings.